The van der Waals surface area contributed by atoms with Gasteiger partial charge in [-0.2, -0.15) is 5.10 Å². The standard InChI is InChI=1S/C26H27N5O2/c32-26(30-13-10-20(17-30)29-11-4-5-12-29)22-15-24(19-7-2-1-3-8-19)28-25-23(22)16-27-31(25)18-21-9-6-14-33-21/h1-3,6-9,14-16,20H,4-5,10-13,17-18H2. The number of rotatable bonds is 5. The monoisotopic (exact) mass is 441 g/mol. The molecule has 4 aromatic rings. The molecule has 6 rings (SSSR count). The molecule has 168 valence electrons. The molecule has 5 heterocycles. The van der Waals surface area contributed by atoms with Crippen molar-refractivity contribution in [1.82, 2.24) is 24.6 Å². The molecule has 7 nitrogen and oxygen atoms in total. The van der Waals surface area contributed by atoms with Gasteiger partial charge in [0.05, 0.1) is 29.1 Å². The molecule has 2 saturated heterocycles. The van der Waals surface area contributed by atoms with Crippen LogP contribution in [0.4, 0.5) is 0 Å². The second-order valence-electron chi connectivity index (χ2n) is 8.98. The van der Waals surface area contributed by atoms with E-state index >= 15 is 0 Å². The lowest BCUT2D eigenvalue weighted by Gasteiger charge is -2.23. The Labute approximate surface area is 192 Å². The van der Waals surface area contributed by atoms with E-state index in [0.29, 0.717) is 23.8 Å². The molecule has 0 N–H and O–H groups in total. The highest BCUT2D eigenvalue weighted by molar-refractivity contribution is 6.06. The Kier molecular flexibility index (Phi) is 5.19. The van der Waals surface area contributed by atoms with Gasteiger partial charge < -0.3 is 9.32 Å². The Balaban J connectivity index is 1.38. The summed E-state index contributed by atoms with van der Waals surface area (Å²) in [6, 6.07) is 16.2. The third-order valence-electron chi connectivity index (χ3n) is 6.90. The molecular formula is C26H27N5O2. The highest BCUT2D eigenvalue weighted by Gasteiger charge is 2.33. The quantitative estimate of drug-likeness (QED) is 0.467. The van der Waals surface area contributed by atoms with Crippen LogP contribution in [0.3, 0.4) is 0 Å². The number of furan rings is 1. The first-order chi connectivity index (χ1) is 16.3. The Morgan fingerprint density at radius 3 is 2.70 bits per heavy atom. The predicted molar refractivity (Wildman–Crippen MR) is 126 cm³/mol. The van der Waals surface area contributed by atoms with E-state index in [1.807, 2.05) is 58.1 Å². The van der Waals surface area contributed by atoms with Crippen molar-refractivity contribution in [2.75, 3.05) is 26.2 Å². The van der Waals surface area contributed by atoms with E-state index in [4.69, 9.17) is 9.40 Å². The molecule has 1 unspecified atom stereocenters. The van der Waals surface area contributed by atoms with Gasteiger partial charge in [0.1, 0.15) is 12.3 Å². The lowest BCUT2D eigenvalue weighted by molar-refractivity contribution is 0.0782. The maximum Gasteiger partial charge on any atom is 0.254 e. The van der Waals surface area contributed by atoms with Crippen molar-refractivity contribution >= 4 is 16.9 Å². The highest BCUT2D eigenvalue weighted by Crippen LogP contribution is 2.28. The van der Waals surface area contributed by atoms with Crippen LogP contribution in [0.2, 0.25) is 0 Å². The summed E-state index contributed by atoms with van der Waals surface area (Å²) in [6.45, 7) is 4.37. The molecule has 0 bridgehead atoms. The minimum absolute atomic E-state index is 0.0684. The van der Waals surface area contributed by atoms with Gasteiger partial charge in [-0.3, -0.25) is 9.69 Å². The van der Waals surface area contributed by atoms with Gasteiger partial charge in [-0.1, -0.05) is 30.3 Å². The summed E-state index contributed by atoms with van der Waals surface area (Å²) in [4.78, 5) is 23.2. The first-order valence-electron chi connectivity index (χ1n) is 11.7. The number of nitrogens with zero attached hydrogens (tertiary/aromatic N) is 5. The van der Waals surface area contributed by atoms with Gasteiger partial charge in [-0.15, -0.1) is 0 Å². The highest BCUT2D eigenvalue weighted by atomic mass is 16.3. The summed E-state index contributed by atoms with van der Waals surface area (Å²) >= 11 is 0. The molecule has 0 aliphatic carbocycles. The number of likely N-dealkylation sites (tertiary alicyclic amines) is 2. The van der Waals surface area contributed by atoms with E-state index in [9.17, 15) is 4.79 Å². The molecule has 3 aromatic heterocycles. The third-order valence-corrected chi connectivity index (χ3v) is 6.90. The SMILES string of the molecule is O=C(c1cc(-c2ccccc2)nc2c1cnn2Cc1ccco1)N1CCC(N2CCCC2)C1. The van der Waals surface area contributed by atoms with E-state index in [2.05, 4.69) is 10.00 Å². The van der Waals surface area contributed by atoms with Crippen LogP contribution in [0.25, 0.3) is 22.3 Å². The van der Waals surface area contributed by atoms with Crippen LogP contribution < -0.4 is 0 Å². The molecule has 1 atom stereocenters. The van der Waals surface area contributed by atoms with Crippen LogP contribution in [0, 0.1) is 0 Å². The maximum atomic E-state index is 13.8. The molecule has 2 aliphatic rings. The number of amides is 1. The smallest absolute Gasteiger partial charge is 0.254 e. The lowest BCUT2D eigenvalue weighted by atomic mass is 10.1. The molecule has 1 amide bonds. The largest absolute Gasteiger partial charge is 0.467 e. The van der Waals surface area contributed by atoms with Gasteiger partial charge in [-0.05, 0) is 50.6 Å². The average Bonchev–Trinajstić information content (AvgIpc) is 3.66. The van der Waals surface area contributed by atoms with Crippen molar-refractivity contribution < 1.29 is 9.21 Å². The van der Waals surface area contributed by atoms with Gasteiger partial charge in [0.2, 0.25) is 0 Å². The summed E-state index contributed by atoms with van der Waals surface area (Å²) in [6.07, 6.45) is 7.00. The Bertz CT molecular complexity index is 1260. The number of benzene rings is 1. The van der Waals surface area contributed by atoms with Gasteiger partial charge >= 0.3 is 0 Å². The normalized spacial score (nSPS) is 19.0. The first-order valence-corrected chi connectivity index (χ1v) is 11.7. The molecule has 33 heavy (non-hydrogen) atoms. The van der Waals surface area contributed by atoms with Gasteiger partial charge in [-0.25, -0.2) is 9.67 Å². The summed E-state index contributed by atoms with van der Waals surface area (Å²) in [5.74, 6) is 0.867. The van der Waals surface area contributed by atoms with Crippen LogP contribution in [0.1, 0.15) is 35.4 Å². The minimum atomic E-state index is 0.0684. The number of carbonyl (C=O) groups is 1. The number of pyridine rings is 1. The van der Waals surface area contributed by atoms with E-state index < -0.39 is 0 Å². The molecule has 2 fully saturated rings. The summed E-state index contributed by atoms with van der Waals surface area (Å²) in [5, 5.41) is 5.36. The van der Waals surface area contributed by atoms with Crippen molar-refractivity contribution in [3.05, 3.63) is 72.3 Å². The fraction of sp³-hybridized carbons (Fsp3) is 0.346. The van der Waals surface area contributed by atoms with Crippen LogP contribution in [0.5, 0.6) is 0 Å². The Morgan fingerprint density at radius 1 is 1.06 bits per heavy atom. The number of hydrogen-bond donors (Lipinski definition) is 0. The topological polar surface area (TPSA) is 67.4 Å². The van der Waals surface area contributed by atoms with Crippen molar-refractivity contribution in [3.8, 4) is 11.3 Å². The number of carbonyl (C=O) groups excluding carboxylic acids is 1. The average molecular weight is 442 g/mol. The maximum absolute atomic E-state index is 13.8. The predicted octanol–water partition coefficient (Wildman–Crippen LogP) is 4.05. The molecule has 7 heteroatoms. The van der Waals surface area contributed by atoms with Crippen molar-refractivity contribution in [2.24, 2.45) is 0 Å². The number of fused-ring (bicyclic) bond motifs is 1. The fourth-order valence-corrected chi connectivity index (χ4v) is 5.15. The van der Waals surface area contributed by atoms with Crippen LogP contribution in [-0.4, -0.2) is 62.7 Å². The first kappa shape index (κ1) is 20.2. The summed E-state index contributed by atoms with van der Waals surface area (Å²) < 4.78 is 7.34. The van der Waals surface area contributed by atoms with Crippen LogP contribution in [-0.2, 0) is 6.54 Å². The van der Waals surface area contributed by atoms with Crippen molar-refractivity contribution in [2.45, 2.75) is 31.8 Å². The van der Waals surface area contributed by atoms with Gasteiger partial charge in [0.15, 0.2) is 5.65 Å². The molecule has 2 aliphatic heterocycles. The zero-order valence-electron chi connectivity index (χ0n) is 18.6. The molecule has 0 spiro atoms. The second-order valence-corrected chi connectivity index (χ2v) is 8.98. The Morgan fingerprint density at radius 2 is 1.91 bits per heavy atom. The lowest BCUT2D eigenvalue weighted by Crippen LogP contribution is -2.37. The third kappa shape index (κ3) is 3.82. The summed E-state index contributed by atoms with van der Waals surface area (Å²) in [7, 11) is 0. The van der Waals surface area contributed by atoms with Crippen LogP contribution in [0.15, 0.2) is 65.4 Å². The molecule has 1 aromatic carbocycles. The van der Waals surface area contributed by atoms with Gasteiger partial charge in [0, 0.05) is 24.7 Å². The second kappa shape index (κ2) is 8.48. The zero-order valence-corrected chi connectivity index (χ0v) is 18.6. The van der Waals surface area contributed by atoms with E-state index in [0.717, 1.165) is 55.0 Å². The van der Waals surface area contributed by atoms with Crippen molar-refractivity contribution in [3.63, 3.8) is 0 Å². The Hall–Kier alpha value is -3.45. The van der Waals surface area contributed by atoms with E-state index in [-0.39, 0.29) is 5.91 Å². The van der Waals surface area contributed by atoms with Crippen molar-refractivity contribution in [1.29, 1.82) is 0 Å². The van der Waals surface area contributed by atoms with E-state index in [1.165, 1.54) is 12.8 Å². The van der Waals surface area contributed by atoms with E-state index in [1.54, 1.807) is 12.5 Å². The fourth-order valence-electron chi connectivity index (χ4n) is 5.15. The van der Waals surface area contributed by atoms with Gasteiger partial charge in [0.25, 0.3) is 5.91 Å². The zero-order chi connectivity index (χ0) is 22.2. The molecule has 0 radical (unpaired) electrons. The summed E-state index contributed by atoms with van der Waals surface area (Å²) in [5.41, 5.74) is 3.14. The minimum Gasteiger partial charge on any atom is -0.467 e. The molecule has 0 saturated carbocycles. The van der Waals surface area contributed by atoms with Crippen LogP contribution >= 0.6 is 0 Å². The number of aromatic nitrogens is 3. The number of hydrogen-bond acceptors (Lipinski definition) is 5. The molecular weight excluding hydrogens is 414 g/mol.